The molecule has 28 heavy (non-hydrogen) atoms. The molecule has 0 bridgehead atoms. The van der Waals surface area contributed by atoms with Crippen LogP contribution in [-0.4, -0.2) is 66.2 Å². The van der Waals surface area contributed by atoms with E-state index in [0.717, 1.165) is 25.0 Å². The number of para-hydroxylation sites is 1. The van der Waals surface area contributed by atoms with Crippen molar-refractivity contribution in [2.24, 2.45) is 11.7 Å². The zero-order valence-electron chi connectivity index (χ0n) is 16.2. The number of hydrogen-bond acceptors (Lipinski definition) is 5. The van der Waals surface area contributed by atoms with Gasteiger partial charge in [-0.2, -0.15) is 0 Å². The molecule has 1 aromatic rings. The summed E-state index contributed by atoms with van der Waals surface area (Å²) in [7, 11) is 0. The SMILES string of the molecule is N[C@H]1CC[C@@H](C(=O)N2CCC3(CC2)CN(CCOc2ccccc2)C(=O)O3)C1. The lowest BCUT2D eigenvalue weighted by Crippen LogP contribution is -2.50. The summed E-state index contributed by atoms with van der Waals surface area (Å²) in [5.41, 5.74) is 5.48. The van der Waals surface area contributed by atoms with Gasteiger partial charge in [0.25, 0.3) is 0 Å². The fourth-order valence-corrected chi connectivity index (χ4v) is 4.55. The van der Waals surface area contributed by atoms with Gasteiger partial charge in [-0.05, 0) is 31.4 Å². The van der Waals surface area contributed by atoms with E-state index in [1.54, 1.807) is 4.90 Å². The van der Waals surface area contributed by atoms with Crippen molar-refractivity contribution < 1.29 is 19.1 Å². The molecule has 2 aliphatic heterocycles. The highest BCUT2D eigenvalue weighted by atomic mass is 16.6. The number of likely N-dealkylation sites (tertiary alicyclic amines) is 1. The number of amides is 2. The van der Waals surface area contributed by atoms with E-state index in [1.165, 1.54) is 0 Å². The van der Waals surface area contributed by atoms with Gasteiger partial charge in [0.15, 0.2) is 0 Å². The van der Waals surface area contributed by atoms with Crippen LogP contribution in [0.5, 0.6) is 5.75 Å². The van der Waals surface area contributed by atoms with E-state index in [4.69, 9.17) is 15.2 Å². The van der Waals surface area contributed by atoms with Crippen molar-refractivity contribution in [2.45, 2.75) is 43.7 Å². The molecular weight excluding hydrogens is 358 g/mol. The second-order valence-corrected chi connectivity index (χ2v) is 8.23. The summed E-state index contributed by atoms with van der Waals surface area (Å²) in [5.74, 6) is 1.09. The molecule has 2 saturated heterocycles. The Bertz CT molecular complexity index is 703. The van der Waals surface area contributed by atoms with Crippen molar-refractivity contribution in [3.63, 3.8) is 0 Å². The van der Waals surface area contributed by atoms with Crippen LogP contribution in [0.25, 0.3) is 0 Å². The zero-order valence-corrected chi connectivity index (χ0v) is 16.2. The molecule has 0 aromatic heterocycles. The Morgan fingerprint density at radius 1 is 1.21 bits per heavy atom. The number of rotatable bonds is 5. The van der Waals surface area contributed by atoms with E-state index in [1.807, 2.05) is 35.2 Å². The van der Waals surface area contributed by atoms with E-state index >= 15 is 0 Å². The van der Waals surface area contributed by atoms with Crippen molar-refractivity contribution in [3.05, 3.63) is 30.3 Å². The maximum absolute atomic E-state index is 12.7. The topological polar surface area (TPSA) is 85.1 Å². The van der Waals surface area contributed by atoms with Gasteiger partial charge in [-0.3, -0.25) is 4.79 Å². The highest BCUT2D eigenvalue weighted by molar-refractivity contribution is 5.79. The van der Waals surface area contributed by atoms with E-state index < -0.39 is 5.60 Å². The lowest BCUT2D eigenvalue weighted by atomic mass is 9.90. The van der Waals surface area contributed by atoms with Crippen molar-refractivity contribution in [2.75, 3.05) is 32.8 Å². The highest BCUT2D eigenvalue weighted by Crippen LogP contribution is 2.35. The van der Waals surface area contributed by atoms with E-state index in [2.05, 4.69) is 0 Å². The first-order chi connectivity index (χ1) is 13.5. The minimum atomic E-state index is -0.466. The minimum Gasteiger partial charge on any atom is -0.492 e. The molecule has 7 nitrogen and oxygen atoms in total. The first-order valence-electron chi connectivity index (χ1n) is 10.2. The number of piperidine rings is 1. The monoisotopic (exact) mass is 387 g/mol. The van der Waals surface area contributed by atoms with Crippen molar-refractivity contribution >= 4 is 12.0 Å². The Labute approximate surface area is 165 Å². The number of nitrogens with two attached hydrogens (primary N) is 1. The molecule has 3 aliphatic rings. The highest BCUT2D eigenvalue weighted by Gasteiger charge is 2.48. The lowest BCUT2D eigenvalue weighted by molar-refractivity contribution is -0.138. The standard InChI is InChI=1S/C21H29N3O4/c22-17-7-6-16(14-17)19(25)23-10-8-21(9-11-23)15-24(20(26)28-21)12-13-27-18-4-2-1-3-5-18/h1-5,16-17H,6-15,22H2/t16-,17+/m1/s1. The van der Waals surface area contributed by atoms with E-state index in [0.29, 0.717) is 45.6 Å². The Kier molecular flexibility index (Phi) is 5.44. The first kappa shape index (κ1) is 19.1. The van der Waals surface area contributed by atoms with Crippen LogP contribution in [-0.2, 0) is 9.53 Å². The maximum Gasteiger partial charge on any atom is 0.410 e. The summed E-state index contributed by atoms with van der Waals surface area (Å²) < 4.78 is 11.4. The summed E-state index contributed by atoms with van der Waals surface area (Å²) in [6.45, 7) is 2.79. The van der Waals surface area contributed by atoms with Crippen LogP contribution in [0.15, 0.2) is 30.3 Å². The van der Waals surface area contributed by atoms with Crippen LogP contribution in [0.3, 0.4) is 0 Å². The molecule has 1 aromatic carbocycles. The Morgan fingerprint density at radius 3 is 2.64 bits per heavy atom. The lowest BCUT2D eigenvalue weighted by Gasteiger charge is -2.38. The first-order valence-corrected chi connectivity index (χ1v) is 10.2. The maximum atomic E-state index is 12.7. The van der Waals surface area contributed by atoms with Gasteiger partial charge in [-0.25, -0.2) is 4.79 Å². The third-order valence-corrected chi connectivity index (χ3v) is 6.22. The smallest absolute Gasteiger partial charge is 0.410 e. The largest absolute Gasteiger partial charge is 0.492 e. The molecule has 2 atom stereocenters. The predicted molar refractivity (Wildman–Crippen MR) is 104 cm³/mol. The van der Waals surface area contributed by atoms with Gasteiger partial charge < -0.3 is 25.0 Å². The number of benzene rings is 1. The second-order valence-electron chi connectivity index (χ2n) is 8.23. The molecule has 2 amide bonds. The van der Waals surface area contributed by atoms with Crippen molar-refractivity contribution in [3.8, 4) is 5.75 Å². The number of nitrogens with zero attached hydrogens (tertiary/aromatic N) is 2. The quantitative estimate of drug-likeness (QED) is 0.835. The summed E-state index contributed by atoms with van der Waals surface area (Å²) >= 11 is 0. The molecule has 0 unspecified atom stereocenters. The molecule has 2 N–H and O–H groups in total. The number of carbonyl (C=O) groups is 2. The molecule has 1 saturated carbocycles. The predicted octanol–water partition coefficient (Wildman–Crippen LogP) is 2.01. The zero-order chi connectivity index (χ0) is 19.6. The molecule has 4 rings (SSSR count). The third kappa shape index (κ3) is 4.09. The number of carbonyl (C=O) groups excluding carboxylic acids is 2. The van der Waals surface area contributed by atoms with Crippen LogP contribution in [0.2, 0.25) is 0 Å². The molecule has 0 radical (unpaired) electrons. The summed E-state index contributed by atoms with van der Waals surface area (Å²) in [4.78, 5) is 28.6. The van der Waals surface area contributed by atoms with Crippen LogP contribution in [0, 0.1) is 5.92 Å². The number of ether oxygens (including phenoxy) is 2. The summed E-state index contributed by atoms with van der Waals surface area (Å²) in [6.07, 6.45) is 3.74. The van der Waals surface area contributed by atoms with Crippen LogP contribution in [0.1, 0.15) is 32.1 Å². The van der Waals surface area contributed by atoms with Gasteiger partial charge in [0.2, 0.25) is 5.91 Å². The van der Waals surface area contributed by atoms with Crippen LogP contribution < -0.4 is 10.5 Å². The van der Waals surface area contributed by atoms with Gasteiger partial charge in [0.05, 0.1) is 13.1 Å². The van der Waals surface area contributed by atoms with Gasteiger partial charge in [-0.15, -0.1) is 0 Å². The van der Waals surface area contributed by atoms with Crippen LogP contribution in [0.4, 0.5) is 4.79 Å². The van der Waals surface area contributed by atoms with Crippen LogP contribution >= 0.6 is 0 Å². The van der Waals surface area contributed by atoms with Crippen molar-refractivity contribution in [1.82, 2.24) is 9.80 Å². The molecule has 2 heterocycles. The molecule has 7 heteroatoms. The van der Waals surface area contributed by atoms with Gasteiger partial charge >= 0.3 is 6.09 Å². The average Bonchev–Trinajstić information content (AvgIpc) is 3.26. The normalized spacial score (nSPS) is 26.5. The van der Waals surface area contributed by atoms with E-state index in [9.17, 15) is 9.59 Å². The molecule has 152 valence electrons. The van der Waals surface area contributed by atoms with Gasteiger partial charge in [0.1, 0.15) is 18.0 Å². The molecule has 1 aliphatic carbocycles. The number of hydrogen-bond donors (Lipinski definition) is 1. The Hall–Kier alpha value is -2.28. The summed E-state index contributed by atoms with van der Waals surface area (Å²) in [6, 6.07) is 9.73. The van der Waals surface area contributed by atoms with Gasteiger partial charge in [0, 0.05) is 37.9 Å². The Balaban J connectivity index is 1.25. The summed E-state index contributed by atoms with van der Waals surface area (Å²) in [5, 5.41) is 0. The fraction of sp³-hybridized carbons (Fsp3) is 0.619. The van der Waals surface area contributed by atoms with Crippen molar-refractivity contribution in [1.29, 1.82) is 0 Å². The average molecular weight is 387 g/mol. The minimum absolute atomic E-state index is 0.0711. The molecule has 3 fully saturated rings. The second kappa shape index (κ2) is 7.99. The van der Waals surface area contributed by atoms with Gasteiger partial charge in [-0.1, -0.05) is 18.2 Å². The Morgan fingerprint density at radius 2 is 1.96 bits per heavy atom. The molecule has 1 spiro atoms. The fourth-order valence-electron chi connectivity index (χ4n) is 4.55. The molecular formula is C21H29N3O4. The van der Waals surface area contributed by atoms with E-state index in [-0.39, 0.29) is 24.0 Å². The third-order valence-electron chi connectivity index (χ3n) is 6.22.